The summed E-state index contributed by atoms with van der Waals surface area (Å²) in [6, 6.07) is 15.4. The lowest BCUT2D eigenvalue weighted by Crippen LogP contribution is -2.49. The van der Waals surface area contributed by atoms with Gasteiger partial charge < -0.3 is 15.0 Å². The Labute approximate surface area is 180 Å². The van der Waals surface area contributed by atoms with Crippen molar-refractivity contribution < 1.29 is 14.3 Å². The first-order chi connectivity index (χ1) is 14.3. The van der Waals surface area contributed by atoms with E-state index in [9.17, 15) is 9.59 Å². The second kappa shape index (κ2) is 11.4. The lowest BCUT2D eigenvalue weighted by molar-refractivity contribution is -0.140. The zero-order chi connectivity index (χ0) is 22.1. The van der Waals surface area contributed by atoms with Gasteiger partial charge in [0.05, 0.1) is 7.11 Å². The Bertz CT molecular complexity index is 813. The molecule has 2 rings (SSSR count). The van der Waals surface area contributed by atoms with Crippen molar-refractivity contribution in [3.05, 3.63) is 65.2 Å². The van der Waals surface area contributed by atoms with Crippen LogP contribution in [0.4, 0.5) is 0 Å². The summed E-state index contributed by atoms with van der Waals surface area (Å²) in [5, 5.41) is 2.92. The molecule has 0 heterocycles. The SMILES string of the molecule is CCc1ccc(CCC(=O)N(Cc2ccc(OC)cc2)[C@H](C)C(=O)NC(C)C)cc1. The molecule has 5 heteroatoms. The first-order valence-electron chi connectivity index (χ1n) is 10.6. The Morgan fingerprint density at radius 1 is 0.933 bits per heavy atom. The van der Waals surface area contributed by atoms with Gasteiger partial charge in [0.2, 0.25) is 11.8 Å². The average molecular weight is 411 g/mol. The minimum absolute atomic E-state index is 0.0231. The van der Waals surface area contributed by atoms with Crippen molar-refractivity contribution in [2.75, 3.05) is 7.11 Å². The molecule has 1 atom stereocenters. The molecule has 0 fully saturated rings. The van der Waals surface area contributed by atoms with E-state index in [1.54, 1.807) is 18.9 Å². The lowest BCUT2D eigenvalue weighted by atomic mass is 10.0. The predicted octanol–water partition coefficient (Wildman–Crippen LogP) is 4.13. The van der Waals surface area contributed by atoms with Crippen LogP contribution in [0.3, 0.4) is 0 Å². The van der Waals surface area contributed by atoms with Crippen LogP contribution in [0.2, 0.25) is 0 Å². The van der Waals surface area contributed by atoms with E-state index in [1.165, 1.54) is 5.56 Å². The van der Waals surface area contributed by atoms with Gasteiger partial charge in [-0.05, 0) is 62.4 Å². The van der Waals surface area contributed by atoms with Crippen molar-refractivity contribution >= 4 is 11.8 Å². The highest BCUT2D eigenvalue weighted by Gasteiger charge is 2.26. The molecule has 0 saturated heterocycles. The molecule has 1 N–H and O–H groups in total. The monoisotopic (exact) mass is 410 g/mol. The summed E-state index contributed by atoms with van der Waals surface area (Å²) in [5.74, 6) is 0.591. The number of amides is 2. The maximum Gasteiger partial charge on any atom is 0.242 e. The predicted molar refractivity (Wildman–Crippen MR) is 120 cm³/mol. The van der Waals surface area contributed by atoms with Crippen LogP contribution in [-0.2, 0) is 29.0 Å². The number of benzene rings is 2. The van der Waals surface area contributed by atoms with E-state index in [4.69, 9.17) is 4.74 Å². The molecule has 0 spiro atoms. The van der Waals surface area contributed by atoms with Gasteiger partial charge in [0, 0.05) is 19.0 Å². The van der Waals surface area contributed by atoms with Crippen LogP contribution in [0.5, 0.6) is 5.75 Å². The summed E-state index contributed by atoms with van der Waals surface area (Å²) in [4.78, 5) is 27.4. The van der Waals surface area contributed by atoms with E-state index in [1.807, 2.05) is 38.1 Å². The molecule has 162 valence electrons. The maximum atomic E-state index is 13.1. The van der Waals surface area contributed by atoms with Crippen molar-refractivity contribution in [2.24, 2.45) is 0 Å². The fraction of sp³-hybridized carbons (Fsp3) is 0.440. The topological polar surface area (TPSA) is 58.6 Å². The first-order valence-corrected chi connectivity index (χ1v) is 10.6. The molecule has 0 aromatic heterocycles. The number of rotatable bonds is 10. The molecule has 30 heavy (non-hydrogen) atoms. The summed E-state index contributed by atoms with van der Waals surface area (Å²) < 4.78 is 5.21. The molecule has 0 saturated carbocycles. The second-order valence-corrected chi connectivity index (χ2v) is 7.88. The highest BCUT2D eigenvalue weighted by molar-refractivity contribution is 5.87. The van der Waals surface area contributed by atoms with Crippen molar-refractivity contribution in [1.29, 1.82) is 0 Å². The number of hydrogen-bond acceptors (Lipinski definition) is 3. The molecule has 0 radical (unpaired) electrons. The minimum atomic E-state index is -0.551. The summed E-state index contributed by atoms with van der Waals surface area (Å²) in [5.41, 5.74) is 3.37. The molecule has 2 aromatic rings. The van der Waals surface area contributed by atoms with Gasteiger partial charge >= 0.3 is 0 Å². The third-order valence-electron chi connectivity index (χ3n) is 5.17. The van der Waals surface area contributed by atoms with Crippen LogP contribution >= 0.6 is 0 Å². The number of aryl methyl sites for hydroxylation is 2. The van der Waals surface area contributed by atoms with Gasteiger partial charge in [-0.15, -0.1) is 0 Å². The Morgan fingerprint density at radius 3 is 2.03 bits per heavy atom. The summed E-state index contributed by atoms with van der Waals surface area (Å²) >= 11 is 0. The van der Waals surface area contributed by atoms with Crippen LogP contribution in [0, 0.1) is 0 Å². The number of nitrogens with one attached hydrogen (secondary N) is 1. The summed E-state index contributed by atoms with van der Waals surface area (Å²) in [6.07, 6.45) is 2.01. The van der Waals surface area contributed by atoms with Gasteiger partial charge in [-0.2, -0.15) is 0 Å². The Balaban J connectivity index is 2.12. The van der Waals surface area contributed by atoms with E-state index < -0.39 is 6.04 Å². The van der Waals surface area contributed by atoms with Crippen LogP contribution in [0.15, 0.2) is 48.5 Å². The quantitative estimate of drug-likeness (QED) is 0.641. The van der Waals surface area contributed by atoms with Gasteiger partial charge in [0.25, 0.3) is 0 Å². The fourth-order valence-electron chi connectivity index (χ4n) is 3.25. The molecule has 5 nitrogen and oxygen atoms in total. The van der Waals surface area contributed by atoms with E-state index >= 15 is 0 Å². The lowest BCUT2D eigenvalue weighted by Gasteiger charge is -2.29. The van der Waals surface area contributed by atoms with E-state index in [0.717, 1.165) is 23.3 Å². The van der Waals surface area contributed by atoms with Gasteiger partial charge in [-0.25, -0.2) is 0 Å². The third-order valence-corrected chi connectivity index (χ3v) is 5.17. The molecule has 0 aliphatic heterocycles. The van der Waals surface area contributed by atoms with Crippen molar-refractivity contribution in [3.8, 4) is 5.75 Å². The Morgan fingerprint density at radius 2 is 1.50 bits per heavy atom. The number of ether oxygens (including phenoxy) is 1. The van der Waals surface area contributed by atoms with Crippen molar-refractivity contribution in [1.82, 2.24) is 10.2 Å². The largest absolute Gasteiger partial charge is 0.497 e. The number of carbonyl (C=O) groups excluding carboxylic acids is 2. The summed E-state index contributed by atoms with van der Waals surface area (Å²) in [7, 11) is 1.62. The van der Waals surface area contributed by atoms with E-state index in [2.05, 4.69) is 36.5 Å². The molecule has 0 unspecified atom stereocenters. The number of carbonyl (C=O) groups is 2. The minimum Gasteiger partial charge on any atom is -0.497 e. The molecule has 2 aromatic carbocycles. The standard InChI is InChI=1S/C25H34N2O3/c1-6-20-7-9-21(10-8-20)13-16-24(28)27(19(4)25(29)26-18(2)3)17-22-11-14-23(30-5)15-12-22/h7-12,14-15,18-19H,6,13,16-17H2,1-5H3,(H,26,29)/t19-/m1/s1. The van der Waals surface area contributed by atoms with Crippen LogP contribution in [0.25, 0.3) is 0 Å². The molecule has 0 aliphatic rings. The number of hydrogen-bond donors (Lipinski definition) is 1. The molecular formula is C25H34N2O3. The highest BCUT2D eigenvalue weighted by atomic mass is 16.5. The molecule has 2 amide bonds. The van der Waals surface area contributed by atoms with Crippen LogP contribution in [0.1, 0.15) is 50.8 Å². The zero-order valence-electron chi connectivity index (χ0n) is 18.8. The number of methoxy groups -OCH3 is 1. The summed E-state index contributed by atoms with van der Waals surface area (Å²) in [6.45, 7) is 8.12. The highest BCUT2D eigenvalue weighted by Crippen LogP contribution is 2.17. The van der Waals surface area contributed by atoms with Gasteiger partial charge in [-0.3, -0.25) is 9.59 Å². The average Bonchev–Trinajstić information content (AvgIpc) is 2.75. The Kier molecular flexibility index (Phi) is 8.90. The van der Waals surface area contributed by atoms with Crippen molar-refractivity contribution in [2.45, 2.75) is 65.6 Å². The Hall–Kier alpha value is -2.82. The molecule has 0 bridgehead atoms. The fourth-order valence-corrected chi connectivity index (χ4v) is 3.25. The van der Waals surface area contributed by atoms with Gasteiger partial charge in [-0.1, -0.05) is 43.3 Å². The van der Waals surface area contributed by atoms with E-state index in [0.29, 0.717) is 19.4 Å². The molecular weight excluding hydrogens is 376 g/mol. The van der Waals surface area contributed by atoms with Crippen LogP contribution < -0.4 is 10.1 Å². The first kappa shape index (κ1) is 23.5. The van der Waals surface area contributed by atoms with E-state index in [-0.39, 0.29) is 17.9 Å². The maximum absolute atomic E-state index is 13.1. The number of nitrogens with zero attached hydrogens (tertiary/aromatic N) is 1. The zero-order valence-corrected chi connectivity index (χ0v) is 18.8. The smallest absolute Gasteiger partial charge is 0.242 e. The van der Waals surface area contributed by atoms with Gasteiger partial charge in [0.15, 0.2) is 0 Å². The van der Waals surface area contributed by atoms with Crippen LogP contribution in [-0.4, -0.2) is 35.9 Å². The second-order valence-electron chi connectivity index (χ2n) is 7.88. The third kappa shape index (κ3) is 6.90. The normalized spacial score (nSPS) is 11.8. The van der Waals surface area contributed by atoms with Gasteiger partial charge in [0.1, 0.15) is 11.8 Å². The molecule has 0 aliphatic carbocycles. The van der Waals surface area contributed by atoms with Crippen molar-refractivity contribution in [3.63, 3.8) is 0 Å².